The maximum Gasteiger partial charge on any atom is 0.197 e. The van der Waals surface area contributed by atoms with Crippen molar-refractivity contribution in [3.8, 4) is 0 Å². The smallest absolute Gasteiger partial charge is 0.197 e. The maximum atomic E-state index is 9.77. The van der Waals surface area contributed by atoms with Crippen LogP contribution in [0.1, 0.15) is 39.5 Å². The first-order chi connectivity index (χ1) is 13.4. The SMILES string of the molecule is CCC1(CO)COC2(CC(OC)C3(CC2OC)OCC(CC)(CO)CO3)OC1. The zero-order chi connectivity index (χ0) is 20.5. The second kappa shape index (κ2) is 8.43. The van der Waals surface area contributed by atoms with Gasteiger partial charge in [-0.2, -0.15) is 0 Å². The first kappa shape index (κ1) is 22.4. The molecule has 0 bridgehead atoms. The second-order valence-electron chi connectivity index (χ2n) is 8.66. The van der Waals surface area contributed by atoms with Crippen molar-refractivity contribution in [2.45, 2.75) is 63.3 Å². The third-order valence-corrected chi connectivity index (χ3v) is 7.15. The van der Waals surface area contributed by atoms with Gasteiger partial charge in [-0.1, -0.05) is 13.8 Å². The quantitative estimate of drug-likeness (QED) is 0.679. The highest BCUT2D eigenvalue weighted by atomic mass is 16.7. The lowest BCUT2D eigenvalue weighted by Gasteiger charge is -2.57. The molecular weight excluding hydrogens is 368 g/mol. The summed E-state index contributed by atoms with van der Waals surface area (Å²) in [5, 5.41) is 19.5. The average Bonchev–Trinajstić information content (AvgIpc) is 2.77. The zero-order valence-corrected chi connectivity index (χ0v) is 17.6. The molecule has 0 aromatic heterocycles. The van der Waals surface area contributed by atoms with Crippen LogP contribution < -0.4 is 0 Å². The summed E-state index contributed by atoms with van der Waals surface area (Å²) in [5.74, 6) is -1.92. The number of ether oxygens (including phenoxy) is 6. The highest BCUT2D eigenvalue weighted by molar-refractivity contribution is 5.03. The molecule has 0 aromatic carbocycles. The fraction of sp³-hybridized carbons (Fsp3) is 1.00. The number of rotatable bonds is 6. The molecule has 2 heterocycles. The summed E-state index contributed by atoms with van der Waals surface area (Å²) >= 11 is 0. The number of methoxy groups -OCH3 is 2. The van der Waals surface area contributed by atoms with E-state index in [1.807, 2.05) is 13.8 Å². The van der Waals surface area contributed by atoms with Crippen LogP contribution in [0.5, 0.6) is 0 Å². The molecule has 0 radical (unpaired) electrons. The Kier molecular flexibility index (Phi) is 6.74. The molecule has 2 aliphatic heterocycles. The minimum absolute atomic E-state index is 0.0152. The predicted octanol–water partition coefficient (Wildman–Crippen LogP) is 1.07. The van der Waals surface area contributed by atoms with Crippen LogP contribution in [-0.4, -0.2) is 87.9 Å². The van der Waals surface area contributed by atoms with Crippen molar-refractivity contribution in [2.24, 2.45) is 10.8 Å². The lowest BCUT2D eigenvalue weighted by atomic mass is 9.79. The van der Waals surface area contributed by atoms with Crippen molar-refractivity contribution < 1.29 is 38.6 Å². The lowest BCUT2D eigenvalue weighted by Crippen LogP contribution is -2.69. The minimum Gasteiger partial charge on any atom is -0.396 e. The first-order valence-electron chi connectivity index (χ1n) is 10.2. The summed E-state index contributed by atoms with van der Waals surface area (Å²) in [6.45, 7) is 5.66. The molecular formula is C20H36O8. The Morgan fingerprint density at radius 1 is 0.714 bits per heavy atom. The Morgan fingerprint density at radius 3 is 1.25 bits per heavy atom. The molecule has 2 unspecified atom stereocenters. The minimum atomic E-state index is -0.961. The molecule has 1 saturated carbocycles. The van der Waals surface area contributed by atoms with Crippen molar-refractivity contribution in [3.05, 3.63) is 0 Å². The Morgan fingerprint density at radius 2 is 1.04 bits per heavy atom. The van der Waals surface area contributed by atoms with Crippen LogP contribution in [0.4, 0.5) is 0 Å². The molecule has 28 heavy (non-hydrogen) atoms. The summed E-state index contributed by atoms with van der Waals surface area (Å²) in [4.78, 5) is 0. The lowest BCUT2D eigenvalue weighted by molar-refractivity contribution is -0.421. The van der Waals surface area contributed by atoms with Gasteiger partial charge in [-0.25, -0.2) is 0 Å². The van der Waals surface area contributed by atoms with Gasteiger partial charge >= 0.3 is 0 Å². The van der Waals surface area contributed by atoms with Gasteiger partial charge < -0.3 is 38.6 Å². The van der Waals surface area contributed by atoms with E-state index in [1.54, 1.807) is 14.2 Å². The van der Waals surface area contributed by atoms with Crippen molar-refractivity contribution in [3.63, 3.8) is 0 Å². The van der Waals surface area contributed by atoms with E-state index in [-0.39, 0.29) is 24.0 Å². The fourth-order valence-corrected chi connectivity index (χ4v) is 4.31. The summed E-state index contributed by atoms with van der Waals surface area (Å²) in [6, 6.07) is 0. The van der Waals surface area contributed by atoms with Gasteiger partial charge in [0.1, 0.15) is 12.2 Å². The van der Waals surface area contributed by atoms with E-state index in [1.165, 1.54) is 0 Å². The van der Waals surface area contributed by atoms with Gasteiger partial charge in [-0.3, -0.25) is 0 Å². The predicted molar refractivity (Wildman–Crippen MR) is 99.7 cm³/mol. The highest BCUT2D eigenvalue weighted by Gasteiger charge is 2.62. The van der Waals surface area contributed by atoms with E-state index in [0.717, 1.165) is 12.8 Å². The van der Waals surface area contributed by atoms with Crippen LogP contribution >= 0.6 is 0 Å². The van der Waals surface area contributed by atoms with Gasteiger partial charge in [0.25, 0.3) is 0 Å². The average molecular weight is 405 g/mol. The second-order valence-corrected chi connectivity index (χ2v) is 8.66. The molecule has 2 atom stereocenters. The third-order valence-electron chi connectivity index (χ3n) is 7.15. The van der Waals surface area contributed by atoms with E-state index in [0.29, 0.717) is 39.3 Å². The van der Waals surface area contributed by atoms with Crippen molar-refractivity contribution in [1.29, 1.82) is 0 Å². The van der Waals surface area contributed by atoms with Gasteiger partial charge in [-0.05, 0) is 12.8 Å². The van der Waals surface area contributed by atoms with Crippen LogP contribution in [0.15, 0.2) is 0 Å². The Bertz CT molecular complexity index is 450. The summed E-state index contributed by atoms with van der Waals surface area (Å²) in [5.41, 5.74) is -0.776. The molecule has 1 aliphatic carbocycles. The van der Waals surface area contributed by atoms with Crippen LogP contribution in [-0.2, 0) is 28.4 Å². The first-order valence-corrected chi connectivity index (χ1v) is 10.2. The molecule has 8 nitrogen and oxygen atoms in total. The molecule has 8 heteroatoms. The summed E-state index contributed by atoms with van der Waals surface area (Å²) < 4.78 is 36.4. The van der Waals surface area contributed by atoms with E-state index in [4.69, 9.17) is 28.4 Å². The van der Waals surface area contributed by atoms with E-state index < -0.39 is 23.8 Å². The molecule has 0 aromatic rings. The van der Waals surface area contributed by atoms with Crippen LogP contribution in [0.2, 0.25) is 0 Å². The molecule has 2 N–H and O–H groups in total. The monoisotopic (exact) mass is 404 g/mol. The number of aliphatic hydroxyl groups is 2. The van der Waals surface area contributed by atoms with Gasteiger partial charge in [0.2, 0.25) is 0 Å². The summed E-state index contributed by atoms with van der Waals surface area (Å²) in [7, 11) is 3.25. The molecule has 164 valence electrons. The van der Waals surface area contributed by atoms with Crippen LogP contribution in [0.25, 0.3) is 0 Å². The van der Waals surface area contributed by atoms with Gasteiger partial charge in [0.05, 0.1) is 39.6 Å². The van der Waals surface area contributed by atoms with E-state index >= 15 is 0 Å². The van der Waals surface area contributed by atoms with E-state index in [9.17, 15) is 10.2 Å². The molecule has 3 aliphatic rings. The molecule has 3 fully saturated rings. The number of hydrogen-bond donors (Lipinski definition) is 2. The van der Waals surface area contributed by atoms with Crippen molar-refractivity contribution in [2.75, 3.05) is 53.9 Å². The maximum absolute atomic E-state index is 9.77. The largest absolute Gasteiger partial charge is 0.396 e. The number of hydrogen-bond acceptors (Lipinski definition) is 8. The molecule has 2 spiro atoms. The van der Waals surface area contributed by atoms with E-state index in [2.05, 4.69) is 0 Å². The summed E-state index contributed by atoms with van der Waals surface area (Å²) in [6.07, 6.45) is 1.51. The molecule has 0 amide bonds. The highest BCUT2D eigenvalue weighted by Crippen LogP contribution is 2.49. The normalized spacial score (nSPS) is 46.9. The standard InChI is InChI=1S/C20H36O8/c1-5-17(9-21)11-25-19(26-12-17)7-16(24-4)20(8-15(19)23-3)27-13-18(6-2,10-22)14-28-20/h15-16,21-22H,5-14H2,1-4H3. The van der Waals surface area contributed by atoms with Gasteiger partial charge in [0.15, 0.2) is 11.6 Å². The van der Waals surface area contributed by atoms with Gasteiger partial charge in [-0.15, -0.1) is 0 Å². The number of aliphatic hydroxyl groups excluding tert-OH is 2. The Balaban J connectivity index is 1.78. The van der Waals surface area contributed by atoms with Gasteiger partial charge in [0, 0.05) is 37.9 Å². The third kappa shape index (κ3) is 3.63. The molecule has 2 saturated heterocycles. The van der Waals surface area contributed by atoms with Crippen molar-refractivity contribution >= 4 is 0 Å². The van der Waals surface area contributed by atoms with Crippen LogP contribution in [0, 0.1) is 10.8 Å². The Labute approximate surface area is 167 Å². The Hall–Kier alpha value is -0.320. The van der Waals surface area contributed by atoms with Crippen molar-refractivity contribution in [1.82, 2.24) is 0 Å². The fourth-order valence-electron chi connectivity index (χ4n) is 4.31. The van der Waals surface area contributed by atoms with Crippen LogP contribution in [0.3, 0.4) is 0 Å². The molecule has 3 rings (SSSR count). The zero-order valence-electron chi connectivity index (χ0n) is 17.6. The topological polar surface area (TPSA) is 95.8 Å².